The summed E-state index contributed by atoms with van der Waals surface area (Å²) in [5, 5.41) is 12.7. The van der Waals surface area contributed by atoms with E-state index in [1.165, 1.54) is 189 Å². The van der Waals surface area contributed by atoms with E-state index in [2.05, 4.69) is 411 Å². The Morgan fingerprint density at radius 3 is 0.922 bits per heavy atom. The van der Waals surface area contributed by atoms with Crippen molar-refractivity contribution < 1.29 is 8.83 Å². The largest absolute Gasteiger partial charge is 0.456 e. The minimum Gasteiger partial charge on any atom is -0.456 e. The van der Waals surface area contributed by atoms with Crippen LogP contribution in [0.25, 0.3) is 184 Å². The Kier molecular flexibility index (Phi) is 20.6. The lowest BCUT2D eigenvalue weighted by atomic mass is 9.95. The van der Waals surface area contributed by atoms with Crippen molar-refractivity contribution >= 4 is 118 Å². The Morgan fingerprint density at radius 2 is 0.443 bits per heavy atom. The summed E-state index contributed by atoms with van der Waals surface area (Å²) in [4.78, 5) is 0. The number of para-hydroxylation sites is 2. The van der Waals surface area contributed by atoms with Crippen molar-refractivity contribution in [3.05, 3.63) is 434 Å². The van der Waals surface area contributed by atoms with Gasteiger partial charge in [-0.2, -0.15) is 0 Å². The maximum atomic E-state index is 6.04. The van der Waals surface area contributed by atoms with Crippen molar-refractivity contribution in [2.24, 2.45) is 0 Å². The lowest BCUT2D eigenvalue weighted by Crippen LogP contribution is -1.85. The molecular formula is C111H82O2S2. The van der Waals surface area contributed by atoms with Gasteiger partial charge in [0.15, 0.2) is 0 Å². The van der Waals surface area contributed by atoms with Crippen LogP contribution in [-0.4, -0.2) is 0 Å². The van der Waals surface area contributed by atoms with Crippen LogP contribution in [0.3, 0.4) is 0 Å². The van der Waals surface area contributed by atoms with Crippen molar-refractivity contribution in [1.29, 1.82) is 0 Å². The Hall–Kier alpha value is -13.7. The van der Waals surface area contributed by atoms with Gasteiger partial charge in [-0.1, -0.05) is 344 Å². The first-order valence-electron chi connectivity index (χ1n) is 39.3. The van der Waals surface area contributed by atoms with Crippen LogP contribution in [0.5, 0.6) is 0 Å². The van der Waals surface area contributed by atoms with E-state index in [1.807, 2.05) is 53.0 Å². The monoisotopic (exact) mass is 1510 g/mol. The van der Waals surface area contributed by atoms with E-state index < -0.39 is 0 Å². The van der Waals surface area contributed by atoms with Crippen molar-refractivity contribution in [2.75, 3.05) is 0 Å². The van der Waals surface area contributed by atoms with Crippen LogP contribution in [0.2, 0.25) is 0 Å². The molecule has 0 aliphatic heterocycles. The summed E-state index contributed by atoms with van der Waals surface area (Å²) in [6.45, 7) is 10.7. The van der Waals surface area contributed by atoms with Crippen LogP contribution in [0, 0.1) is 34.6 Å². The zero-order chi connectivity index (χ0) is 77.7. The molecule has 4 aromatic heterocycles. The molecule has 22 aromatic rings. The summed E-state index contributed by atoms with van der Waals surface area (Å²) < 4.78 is 17.4. The van der Waals surface area contributed by atoms with E-state index in [4.69, 9.17) is 8.83 Å². The lowest BCUT2D eigenvalue weighted by molar-refractivity contribution is 0.668. The van der Waals surface area contributed by atoms with E-state index in [1.54, 1.807) is 0 Å². The summed E-state index contributed by atoms with van der Waals surface area (Å²) in [7, 11) is 0. The predicted molar refractivity (Wildman–Crippen MR) is 497 cm³/mol. The van der Waals surface area contributed by atoms with E-state index in [0.717, 1.165) is 22.3 Å². The third-order valence-corrected chi connectivity index (χ3v) is 23.9. The molecule has 22 rings (SSSR count). The summed E-state index contributed by atoms with van der Waals surface area (Å²) in [5.74, 6) is 0. The fourth-order valence-electron chi connectivity index (χ4n) is 15.6. The van der Waals surface area contributed by atoms with E-state index in [9.17, 15) is 0 Å². The fraction of sp³-hybridized carbons (Fsp3) is 0.0450. The van der Waals surface area contributed by atoms with Crippen LogP contribution in [-0.2, 0) is 0 Å². The predicted octanol–water partition coefficient (Wildman–Crippen LogP) is 33.0. The second-order valence-electron chi connectivity index (χ2n) is 29.9. The zero-order valence-electron chi connectivity index (χ0n) is 64.8. The van der Waals surface area contributed by atoms with Crippen LogP contribution < -0.4 is 0 Å². The molecule has 0 aliphatic carbocycles. The molecule has 4 heterocycles. The van der Waals surface area contributed by atoms with Crippen molar-refractivity contribution in [3.8, 4) is 89.0 Å². The SMILES string of the molecule is Cc1cc(-c2ccccc2)cc(-c2ccc3ccccc3c2)c1.Cc1ccc(-c2cccc(-c3ccc4c(c3)oc3ccccc34)c2)cc1.Cc1ccc(-c2cccc(-c3ccc4c(c3)sc3ccccc34)c2)cc1.Cc1cccc(-c2ccc3c(c2)oc2ccccc23)c1.Cc1cccc(-c2ccc3c(c2)sc2ccccc23)c1. The highest BCUT2D eigenvalue weighted by molar-refractivity contribution is 7.26. The Morgan fingerprint density at radius 1 is 0.148 bits per heavy atom. The molecule has 0 unspecified atom stereocenters. The molecule has 18 aromatic carbocycles. The highest BCUT2D eigenvalue weighted by atomic mass is 32.1. The number of thiophene rings is 2. The maximum absolute atomic E-state index is 6.04. The standard InChI is InChI=1S/C25H18O.C25H18S.C23H18.C19H14O.C19H14S/c2*1-17-9-11-18(12-10-17)19-5-4-6-20(15-19)21-13-14-23-22-7-2-3-8-24(22)26-25(23)16-21;1-17-13-22(18-7-3-2-4-8-18)16-23(14-17)21-12-11-19-9-5-6-10-20(19)15-21;2*1-13-5-4-6-14(11-13)15-9-10-17-16-7-2-3-8-18(16)20-19(17)12-15/h2*2-16H,1H3;2-16H,1H3;2*2-12H,1H3. The molecule has 0 atom stereocenters. The highest BCUT2D eigenvalue weighted by Gasteiger charge is 2.14. The van der Waals surface area contributed by atoms with Gasteiger partial charge in [-0.3, -0.25) is 0 Å². The smallest absolute Gasteiger partial charge is 0.136 e. The molecule has 0 saturated heterocycles. The van der Waals surface area contributed by atoms with Crippen molar-refractivity contribution in [1.82, 2.24) is 0 Å². The van der Waals surface area contributed by atoms with Crippen LogP contribution >= 0.6 is 22.7 Å². The number of hydrogen-bond donors (Lipinski definition) is 0. The third kappa shape index (κ3) is 16.0. The van der Waals surface area contributed by atoms with Gasteiger partial charge < -0.3 is 8.83 Å². The maximum Gasteiger partial charge on any atom is 0.136 e. The minimum atomic E-state index is 0.935. The molecule has 0 fully saturated rings. The van der Waals surface area contributed by atoms with Crippen LogP contribution in [0.1, 0.15) is 27.8 Å². The first-order chi connectivity index (χ1) is 56.5. The number of furan rings is 2. The van der Waals surface area contributed by atoms with Gasteiger partial charge in [-0.05, 0) is 225 Å². The highest BCUT2D eigenvalue weighted by Crippen LogP contribution is 2.41. The normalized spacial score (nSPS) is 11.2. The molecule has 0 bridgehead atoms. The van der Waals surface area contributed by atoms with Gasteiger partial charge in [-0.15, -0.1) is 22.7 Å². The quantitative estimate of drug-likeness (QED) is 0.152. The topological polar surface area (TPSA) is 26.3 Å². The van der Waals surface area contributed by atoms with Gasteiger partial charge in [0.1, 0.15) is 22.3 Å². The molecule has 115 heavy (non-hydrogen) atoms. The number of rotatable bonds is 8. The molecule has 0 spiro atoms. The minimum absolute atomic E-state index is 0.935. The summed E-state index contributed by atoms with van der Waals surface area (Å²) >= 11 is 3.75. The van der Waals surface area contributed by atoms with Gasteiger partial charge in [0, 0.05) is 61.9 Å². The number of fused-ring (bicyclic) bond motifs is 13. The first kappa shape index (κ1) is 72.8. The number of benzene rings is 18. The third-order valence-electron chi connectivity index (χ3n) is 21.6. The van der Waals surface area contributed by atoms with Gasteiger partial charge in [0.05, 0.1) is 0 Å². The molecule has 0 N–H and O–H groups in total. The van der Waals surface area contributed by atoms with Crippen LogP contribution in [0.15, 0.2) is 415 Å². The van der Waals surface area contributed by atoms with Crippen molar-refractivity contribution in [2.45, 2.75) is 34.6 Å². The van der Waals surface area contributed by atoms with E-state index in [-0.39, 0.29) is 0 Å². The molecule has 550 valence electrons. The lowest BCUT2D eigenvalue weighted by Gasteiger charge is -2.09. The Bertz CT molecular complexity index is 6920. The second-order valence-corrected chi connectivity index (χ2v) is 32.1. The summed E-state index contributed by atoms with van der Waals surface area (Å²) in [6, 6.07) is 145. The molecule has 0 saturated carbocycles. The molecular weight excluding hydrogens is 1430 g/mol. The van der Waals surface area contributed by atoms with Gasteiger partial charge >= 0.3 is 0 Å². The van der Waals surface area contributed by atoms with Crippen molar-refractivity contribution in [3.63, 3.8) is 0 Å². The Balaban J connectivity index is 0.000000100. The van der Waals surface area contributed by atoms with Gasteiger partial charge in [0.2, 0.25) is 0 Å². The molecule has 0 aliphatic rings. The molecule has 2 nitrogen and oxygen atoms in total. The van der Waals surface area contributed by atoms with E-state index in [0.29, 0.717) is 0 Å². The van der Waals surface area contributed by atoms with E-state index >= 15 is 0 Å². The first-order valence-corrected chi connectivity index (χ1v) is 40.9. The molecule has 4 heteroatoms. The second kappa shape index (κ2) is 32.5. The van der Waals surface area contributed by atoms with Gasteiger partial charge in [-0.25, -0.2) is 0 Å². The molecule has 0 radical (unpaired) electrons. The van der Waals surface area contributed by atoms with Crippen LogP contribution in [0.4, 0.5) is 0 Å². The van der Waals surface area contributed by atoms with Gasteiger partial charge in [0.25, 0.3) is 0 Å². The number of aryl methyl sites for hydroxylation is 5. The number of hydrogen-bond acceptors (Lipinski definition) is 4. The average molecular weight is 1510 g/mol. The average Bonchev–Trinajstić information content (AvgIpc) is 1.61. The summed E-state index contributed by atoms with van der Waals surface area (Å²) in [5.41, 5.74) is 30.2. The Labute approximate surface area is 679 Å². The zero-order valence-corrected chi connectivity index (χ0v) is 66.4. The molecule has 0 amide bonds. The fourth-order valence-corrected chi connectivity index (χ4v) is 17.9. The summed E-state index contributed by atoms with van der Waals surface area (Å²) in [6.07, 6.45) is 0.